The van der Waals surface area contributed by atoms with E-state index in [-0.39, 0.29) is 24.5 Å². The zero-order valence-electron chi connectivity index (χ0n) is 19.5. The van der Waals surface area contributed by atoms with Gasteiger partial charge in [0.25, 0.3) is 11.7 Å². The number of ether oxygens (including phenoxy) is 2. The number of methoxy groups -OCH3 is 1. The second kappa shape index (κ2) is 10.8. The number of nitrogens with zero attached hydrogens (tertiary/aromatic N) is 1. The SMILES string of the molecule is COCCN1C(=O)C(=O)/C(=C(\O)c2ccc(Cl)cc2)C1c1ccc(OCc2ccc(C)cc2)cc1. The topological polar surface area (TPSA) is 76.1 Å². The molecule has 1 amide bonds. The molecule has 3 aromatic rings. The summed E-state index contributed by atoms with van der Waals surface area (Å²) >= 11 is 5.97. The Morgan fingerprint density at radius 1 is 0.971 bits per heavy atom. The zero-order valence-corrected chi connectivity index (χ0v) is 20.3. The van der Waals surface area contributed by atoms with Gasteiger partial charge in [0.2, 0.25) is 0 Å². The van der Waals surface area contributed by atoms with Gasteiger partial charge in [-0.25, -0.2) is 0 Å². The first-order chi connectivity index (χ1) is 16.9. The molecule has 3 aromatic carbocycles. The summed E-state index contributed by atoms with van der Waals surface area (Å²) in [7, 11) is 1.53. The molecule has 0 spiro atoms. The van der Waals surface area contributed by atoms with Gasteiger partial charge in [0.1, 0.15) is 18.1 Å². The minimum absolute atomic E-state index is 0.0294. The average molecular weight is 492 g/mol. The molecule has 1 fully saturated rings. The molecule has 7 heteroatoms. The van der Waals surface area contributed by atoms with Crippen LogP contribution < -0.4 is 4.74 Å². The summed E-state index contributed by atoms with van der Waals surface area (Å²) < 4.78 is 11.0. The van der Waals surface area contributed by atoms with E-state index < -0.39 is 17.7 Å². The summed E-state index contributed by atoms with van der Waals surface area (Å²) in [4.78, 5) is 27.3. The average Bonchev–Trinajstić information content (AvgIpc) is 3.12. The second-order valence-corrected chi connectivity index (χ2v) is 8.77. The Morgan fingerprint density at radius 3 is 2.26 bits per heavy atom. The Hall–Kier alpha value is -3.61. The van der Waals surface area contributed by atoms with Gasteiger partial charge in [0.15, 0.2) is 0 Å². The Balaban J connectivity index is 1.65. The molecule has 1 heterocycles. The number of benzene rings is 3. The van der Waals surface area contributed by atoms with E-state index in [0.29, 0.717) is 28.5 Å². The molecule has 1 unspecified atom stereocenters. The van der Waals surface area contributed by atoms with Crippen molar-refractivity contribution in [3.05, 3.63) is 106 Å². The second-order valence-electron chi connectivity index (χ2n) is 8.34. The highest BCUT2D eigenvalue weighted by molar-refractivity contribution is 6.46. The Labute approximate surface area is 209 Å². The number of aliphatic hydroxyl groups is 1. The molecule has 0 saturated carbocycles. The third-order valence-corrected chi connectivity index (χ3v) is 6.17. The highest BCUT2D eigenvalue weighted by Crippen LogP contribution is 2.39. The van der Waals surface area contributed by atoms with E-state index in [1.807, 2.05) is 31.2 Å². The van der Waals surface area contributed by atoms with Crippen LogP contribution in [0.1, 0.15) is 28.3 Å². The first kappa shape index (κ1) is 24.5. The van der Waals surface area contributed by atoms with Crippen LogP contribution in [0.25, 0.3) is 5.76 Å². The predicted molar refractivity (Wildman–Crippen MR) is 134 cm³/mol. The fourth-order valence-electron chi connectivity index (χ4n) is 4.01. The summed E-state index contributed by atoms with van der Waals surface area (Å²) in [5.74, 6) is -1.01. The molecule has 0 aliphatic carbocycles. The van der Waals surface area contributed by atoms with E-state index in [0.717, 1.165) is 5.56 Å². The first-order valence-corrected chi connectivity index (χ1v) is 11.6. The number of carbonyl (C=O) groups excluding carboxylic acids is 2. The summed E-state index contributed by atoms with van der Waals surface area (Å²) in [6.07, 6.45) is 0. The lowest BCUT2D eigenvalue weighted by molar-refractivity contribution is -0.140. The lowest BCUT2D eigenvalue weighted by atomic mass is 9.95. The van der Waals surface area contributed by atoms with E-state index in [1.165, 1.54) is 17.6 Å². The van der Waals surface area contributed by atoms with Crippen LogP contribution >= 0.6 is 11.6 Å². The normalized spacial score (nSPS) is 17.1. The number of hydrogen-bond acceptors (Lipinski definition) is 5. The maximum absolute atomic E-state index is 13.0. The van der Waals surface area contributed by atoms with Crippen LogP contribution in [-0.2, 0) is 20.9 Å². The molecule has 1 N–H and O–H groups in total. The van der Waals surface area contributed by atoms with Crippen molar-refractivity contribution in [1.29, 1.82) is 0 Å². The smallest absolute Gasteiger partial charge is 0.295 e. The van der Waals surface area contributed by atoms with Crippen molar-refractivity contribution in [2.75, 3.05) is 20.3 Å². The van der Waals surface area contributed by atoms with E-state index in [4.69, 9.17) is 21.1 Å². The van der Waals surface area contributed by atoms with Crippen molar-refractivity contribution in [1.82, 2.24) is 4.90 Å². The van der Waals surface area contributed by atoms with Crippen LogP contribution in [0, 0.1) is 6.92 Å². The number of aryl methyl sites for hydroxylation is 1. The highest BCUT2D eigenvalue weighted by Gasteiger charge is 2.45. The van der Waals surface area contributed by atoms with Gasteiger partial charge >= 0.3 is 0 Å². The lowest BCUT2D eigenvalue weighted by Crippen LogP contribution is -2.32. The fraction of sp³-hybridized carbons (Fsp3) is 0.214. The van der Waals surface area contributed by atoms with Gasteiger partial charge in [-0.3, -0.25) is 9.59 Å². The van der Waals surface area contributed by atoms with Crippen molar-refractivity contribution in [2.24, 2.45) is 0 Å². The molecule has 0 radical (unpaired) electrons. The molecular formula is C28H26ClNO5. The van der Waals surface area contributed by atoms with Crippen molar-refractivity contribution in [2.45, 2.75) is 19.6 Å². The molecule has 1 atom stereocenters. The molecular weight excluding hydrogens is 466 g/mol. The van der Waals surface area contributed by atoms with Crippen molar-refractivity contribution in [3.63, 3.8) is 0 Å². The van der Waals surface area contributed by atoms with Crippen LogP contribution in [0.5, 0.6) is 5.75 Å². The number of carbonyl (C=O) groups is 2. The number of hydrogen-bond donors (Lipinski definition) is 1. The number of halogens is 1. The quantitative estimate of drug-likeness (QED) is 0.263. The van der Waals surface area contributed by atoms with Gasteiger partial charge < -0.3 is 19.5 Å². The fourth-order valence-corrected chi connectivity index (χ4v) is 4.13. The van der Waals surface area contributed by atoms with Crippen LogP contribution in [0.15, 0.2) is 78.4 Å². The Morgan fingerprint density at radius 2 is 1.63 bits per heavy atom. The molecule has 1 aliphatic heterocycles. The van der Waals surface area contributed by atoms with Crippen LogP contribution in [0.2, 0.25) is 5.02 Å². The predicted octanol–water partition coefficient (Wildman–Crippen LogP) is 5.30. The van der Waals surface area contributed by atoms with Gasteiger partial charge in [-0.15, -0.1) is 0 Å². The highest BCUT2D eigenvalue weighted by atomic mass is 35.5. The van der Waals surface area contributed by atoms with Crippen molar-refractivity contribution >= 4 is 29.1 Å². The van der Waals surface area contributed by atoms with Gasteiger partial charge in [-0.1, -0.05) is 53.6 Å². The molecule has 0 aromatic heterocycles. The molecule has 6 nitrogen and oxygen atoms in total. The summed E-state index contributed by atoms with van der Waals surface area (Å²) in [6, 6.07) is 21.0. The van der Waals surface area contributed by atoms with Crippen LogP contribution in [0.4, 0.5) is 0 Å². The number of ketones is 1. The summed E-state index contributed by atoms with van der Waals surface area (Å²) in [6.45, 7) is 2.91. The molecule has 35 heavy (non-hydrogen) atoms. The number of rotatable bonds is 8. The molecule has 180 valence electrons. The molecule has 1 saturated heterocycles. The van der Waals surface area contributed by atoms with E-state index in [9.17, 15) is 14.7 Å². The summed E-state index contributed by atoms with van der Waals surface area (Å²) in [5.41, 5.74) is 3.35. The van der Waals surface area contributed by atoms with Crippen molar-refractivity contribution in [3.8, 4) is 5.75 Å². The Bertz CT molecular complexity index is 1230. The monoisotopic (exact) mass is 491 g/mol. The number of aliphatic hydroxyl groups excluding tert-OH is 1. The third-order valence-electron chi connectivity index (χ3n) is 5.92. The minimum atomic E-state index is -0.757. The lowest BCUT2D eigenvalue weighted by Gasteiger charge is -2.25. The van der Waals surface area contributed by atoms with Gasteiger partial charge in [0, 0.05) is 24.2 Å². The Kier molecular flexibility index (Phi) is 7.54. The van der Waals surface area contributed by atoms with Gasteiger partial charge in [0.05, 0.1) is 18.2 Å². The van der Waals surface area contributed by atoms with Crippen LogP contribution in [0.3, 0.4) is 0 Å². The molecule has 1 aliphatic rings. The molecule has 0 bridgehead atoms. The number of likely N-dealkylation sites (tertiary alicyclic amines) is 1. The van der Waals surface area contributed by atoms with Crippen molar-refractivity contribution < 1.29 is 24.2 Å². The number of Topliss-reactive ketones (excluding diaryl/α,β-unsaturated/α-hetero) is 1. The summed E-state index contributed by atoms with van der Waals surface area (Å²) in [5, 5.41) is 11.5. The maximum Gasteiger partial charge on any atom is 0.295 e. The standard InChI is InChI=1S/C28H26ClNO5/c1-18-3-5-19(6-4-18)17-35-23-13-9-20(10-14-23)25-24(26(31)21-7-11-22(29)12-8-21)27(32)28(33)30(25)15-16-34-2/h3-14,25,31H,15-17H2,1-2H3/b26-24-. The van der Waals surface area contributed by atoms with E-state index in [2.05, 4.69) is 0 Å². The molecule has 4 rings (SSSR count). The zero-order chi connectivity index (χ0) is 24.9. The third kappa shape index (κ3) is 5.39. The van der Waals surface area contributed by atoms with E-state index >= 15 is 0 Å². The van der Waals surface area contributed by atoms with Crippen LogP contribution in [-0.4, -0.2) is 42.0 Å². The van der Waals surface area contributed by atoms with E-state index in [1.54, 1.807) is 48.5 Å². The number of amides is 1. The maximum atomic E-state index is 13.0. The minimum Gasteiger partial charge on any atom is -0.507 e. The first-order valence-electron chi connectivity index (χ1n) is 11.2. The largest absolute Gasteiger partial charge is 0.507 e. The van der Waals surface area contributed by atoms with Gasteiger partial charge in [-0.05, 0) is 54.4 Å². The van der Waals surface area contributed by atoms with Gasteiger partial charge in [-0.2, -0.15) is 0 Å².